The average molecular weight is 312 g/mol. The number of benzene rings is 1. The summed E-state index contributed by atoms with van der Waals surface area (Å²) in [7, 11) is -3.80. The SMILES string of the molecule is CC1(CNC(=O)c2cccc(S(N)(=O)=O)c2)CCOCC1. The molecule has 0 aliphatic carbocycles. The Morgan fingerprint density at radius 3 is 2.67 bits per heavy atom. The minimum Gasteiger partial charge on any atom is -0.381 e. The van der Waals surface area contributed by atoms with Crippen molar-refractivity contribution in [2.24, 2.45) is 10.6 Å². The van der Waals surface area contributed by atoms with Crippen LogP contribution in [0.15, 0.2) is 29.2 Å². The zero-order valence-corrected chi connectivity index (χ0v) is 12.8. The maximum atomic E-state index is 12.1. The highest BCUT2D eigenvalue weighted by Gasteiger charge is 2.27. The van der Waals surface area contributed by atoms with Crippen molar-refractivity contribution in [1.82, 2.24) is 5.32 Å². The minimum absolute atomic E-state index is 0.0193. The molecule has 0 unspecified atom stereocenters. The van der Waals surface area contributed by atoms with E-state index in [1.54, 1.807) is 6.07 Å². The van der Waals surface area contributed by atoms with Crippen LogP contribution >= 0.6 is 0 Å². The van der Waals surface area contributed by atoms with E-state index in [0.29, 0.717) is 19.8 Å². The fourth-order valence-corrected chi connectivity index (χ4v) is 2.81. The number of rotatable bonds is 4. The molecule has 116 valence electrons. The molecule has 1 aliphatic heterocycles. The van der Waals surface area contributed by atoms with E-state index < -0.39 is 10.0 Å². The van der Waals surface area contributed by atoms with Crippen LogP contribution in [0.2, 0.25) is 0 Å². The second-order valence-electron chi connectivity index (χ2n) is 5.68. The third-order valence-corrected chi connectivity index (χ3v) is 4.71. The number of nitrogens with two attached hydrogens (primary N) is 1. The summed E-state index contributed by atoms with van der Waals surface area (Å²) >= 11 is 0. The molecular weight excluding hydrogens is 292 g/mol. The minimum atomic E-state index is -3.80. The first kappa shape index (κ1) is 15.9. The number of carbonyl (C=O) groups excluding carboxylic acids is 1. The lowest BCUT2D eigenvalue weighted by Crippen LogP contribution is -2.39. The molecule has 21 heavy (non-hydrogen) atoms. The largest absolute Gasteiger partial charge is 0.381 e. The van der Waals surface area contributed by atoms with Gasteiger partial charge < -0.3 is 10.1 Å². The Kier molecular flexibility index (Phi) is 4.65. The summed E-state index contributed by atoms with van der Waals surface area (Å²) < 4.78 is 27.9. The fraction of sp³-hybridized carbons (Fsp3) is 0.500. The second-order valence-corrected chi connectivity index (χ2v) is 7.24. The number of sulfonamides is 1. The molecule has 1 aromatic carbocycles. The van der Waals surface area contributed by atoms with Crippen LogP contribution in [0, 0.1) is 5.41 Å². The van der Waals surface area contributed by atoms with E-state index in [0.717, 1.165) is 12.8 Å². The summed E-state index contributed by atoms with van der Waals surface area (Å²) in [6, 6.07) is 5.73. The Hall–Kier alpha value is -1.44. The molecule has 0 saturated carbocycles. The van der Waals surface area contributed by atoms with Gasteiger partial charge in [0.15, 0.2) is 0 Å². The number of carbonyl (C=O) groups is 1. The number of nitrogens with one attached hydrogen (secondary N) is 1. The van der Waals surface area contributed by atoms with Crippen LogP contribution in [0.25, 0.3) is 0 Å². The van der Waals surface area contributed by atoms with Crippen molar-refractivity contribution in [3.63, 3.8) is 0 Å². The maximum Gasteiger partial charge on any atom is 0.251 e. The Morgan fingerprint density at radius 2 is 2.05 bits per heavy atom. The van der Waals surface area contributed by atoms with Gasteiger partial charge in [-0.05, 0) is 36.5 Å². The smallest absolute Gasteiger partial charge is 0.251 e. The fourth-order valence-electron chi connectivity index (χ4n) is 2.25. The van der Waals surface area contributed by atoms with Crippen molar-refractivity contribution in [1.29, 1.82) is 0 Å². The van der Waals surface area contributed by atoms with Gasteiger partial charge in [-0.1, -0.05) is 13.0 Å². The molecular formula is C14H20N2O4S. The summed E-state index contributed by atoms with van der Waals surface area (Å²) in [5.74, 6) is -0.298. The number of primary sulfonamides is 1. The number of amides is 1. The quantitative estimate of drug-likeness (QED) is 0.862. The Labute approximate surface area is 124 Å². The first-order valence-corrected chi connectivity index (χ1v) is 8.34. The first-order chi connectivity index (χ1) is 9.80. The van der Waals surface area contributed by atoms with Gasteiger partial charge in [0, 0.05) is 25.3 Å². The zero-order chi connectivity index (χ0) is 15.5. The van der Waals surface area contributed by atoms with Gasteiger partial charge >= 0.3 is 0 Å². The topological polar surface area (TPSA) is 98.5 Å². The number of ether oxygens (including phenoxy) is 1. The van der Waals surface area contributed by atoms with Crippen LogP contribution in [0.3, 0.4) is 0 Å². The standard InChI is InChI=1S/C14H20N2O4S/c1-14(5-7-20-8-6-14)10-16-13(17)11-3-2-4-12(9-11)21(15,18)19/h2-4,9H,5-8,10H2,1H3,(H,16,17)(H2,15,18,19). The van der Waals surface area contributed by atoms with Gasteiger partial charge in [-0.2, -0.15) is 0 Å². The van der Waals surface area contributed by atoms with Gasteiger partial charge in [-0.25, -0.2) is 13.6 Å². The molecule has 1 saturated heterocycles. The highest BCUT2D eigenvalue weighted by Crippen LogP contribution is 2.28. The van der Waals surface area contributed by atoms with Crippen LogP contribution in [0.5, 0.6) is 0 Å². The average Bonchev–Trinajstić information content (AvgIpc) is 2.45. The van der Waals surface area contributed by atoms with E-state index in [9.17, 15) is 13.2 Å². The van der Waals surface area contributed by atoms with Crippen LogP contribution in [0.4, 0.5) is 0 Å². The van der Waals surface area contributed by atoms with E-state index in [4.69, 9.17) is 9.88 Å². The highest BCUT2D eigenvalue weighted by molar-refractivity contribution is 7.89. The second kappa shape index (κ2) is 6.13. The van der Waals surface area contributed by atoms with Crippen LogP contribution in [0.1, 0.15) is 30.1 Å². The Bertz CT molecular complexity index is 622. The van der Waals surface area contributed by atoms with Gasteiger partial charge in [0.05, 0.1) is 4.90 Å². The molecule has 0 aromatic heterocycles. The molecule has 1 fully saturated rings. The molecule has 6 nitrogen and oxygen atoms in total. The Morgan fingerprint density at radius 1 is 1.38 bits per heavy atom. The monoisotopic (exact) mass is 312 g/mol. The van der Waals surface area contributed by atoms with Crippen molar-refractivity contribution in [3.05, 3.63) is 29.8 Å². The summed E-state index contributed by atoms with van der Waals surface area (Å²) in [5.41, 5.74) is 0.308. The predicted octanol–water partition coefficient (Wildman–Crippen LogP) is 0.881. The summed E-state index contributed by atoms with van der Waals surface area (Å²) in [5, 5.41) is 7.92. The molecule has 2 rings (SSSR count). The Balaban J connectivity index is 2.04. The summed E-state index contributed by atoms with van der Waals surface area (Å²) in [4.78, 5) is 12.1. The number of hydrogen-bond acceptors (Lipinski definition) is 4. The molecule has 1 heterocycles. The lowest BCUT2D eigenvalue weighted by atomic mass is 9.82. The van der Waals surface area contributed by atoms with Crippen molar-refractivity contribution in [2.75, 3.05) is 19.8 Å². The number of hydrogen-bond donors (Lipinski definition) is 2. The zero-order valence-electron chi connectivity index (χ0n) is 12.0. The molecule has 1 amide bonds. The van der Waals surface area contributed by atoms with Crippen LogP contribution in [-0.2, 0) is 14.8 Å². The van der Waals surface area contributed by atoms with Gasteiger partial charge in [0.25, 0.3) is 5.91 Å². The van der Waals surface area contributed by atoms with E-state index in [-0.39, 0.29) is 21.8 Å². The lowest BCUT2D eigenvalue weighted by Gasteiger charge is -2.33. The summed E-state index contributed by atoms with van der Waals surface area (Å²) in [6.45, 7) is 4.05. The van der Waals surface area contributed by atoms with Gasteiger partial charge in [0.1, 0.15) is 0 Å². The van der Waals surface area contributed by atoms with Gasteiger partial charge in [-0.3, -0.25) is 4.79 Å². The molecule has 0 radical (unpaired) electrons. The molecule has 1 aromatic rings. The third kappa shape index (κ3) is 4.26. The molecule has 0 atom stereocenters. The molecule has 7 heteroatoms. The van der Waals surface area contributed by atoms with Crippen molar-refractivity contribution in [3.8, 4) is 0 Å². The van der Waals surface area contributed by atoms with Crippen molar-refractivity contribution < 1.29 is 17.9 Å². The molecule has 3 N–H and O–H groups in total. The lowest BCUT2D eigenvalue weighted by molar-refractivity contribution is 0.0238. The molecule has 1 aliphatic rings. The van der Waals surface area contributed by atoms with Crippen molar-refractivity contribution in [2.45, 2.75) is 24.7 Å². The maximum absolute atomic E-state index is 12.1. The summed E-state index contributed by atoms with van der Waals surface area (Å²) in [6.07, 6.45) is 1.79. The highest BCUT2D eigenvalue weighted by atomic mass is 32.2. The van der Waals surface area contributed by atoms with Crippen molar-refractivity contribution >= 4 is 15.9 Å². The first-order valence-electron chi connectivity index (χ1n) is 6.79. The third-order valence-electron chi connectivity index (χ3n) is 3.80. The normalized spacial score (nSPS) is 18.2. The van der Waals surface area contributed by atoms with Gasteiger partial charge in [0.2, 0.25) is 10.0 Å². The van der Waals surface area contributed by atoms with E-state index in [1.807, 2.05) is 0 Å². The molecule has 0 bridgehead atoms. The van der Waals surface area contributed by atoms with Crippen LogP contribution in [-0.4, -0.2) is 34.1 Å². The van der Waals surface area contributed by atoms with Gasteiger partial charge in [-0.15, -0.1) is 0 Å². The van der Waals surface area contributed by atoms with Crippen LogP contribution < -0.4 is 10.5 Å². The van der Waals surface area contributed by atoms with E-state index >= 15 is 0 Å². The van der Waals surface area contributed by atoms with E-state index in [1.165, 1.54) is 18.2 Å². The molecule has 0 spiro atoms. The predicted molar refractivity (Wildman–Crippen MR) is 78.3 cm³/mol. The van der Waals surface area contributed by atoms with E-state index in [2.05, 4.69) is 12.2 Å².